The van der Waals surface area contributed by atoms with Gasteiger partial charge in [-0.2, -0.15) is 4.31 Å². The Morgan fingerprint density at radius 2 is 2.10 bits per heavy atom. The van der Waals surface area contributed by atoms with Gasteiger partial charge in [-0.05, 0) is 49.1 Å². The fourth-order valence-electron chi connectivity index (χ4n) is 4.24. The molecule has 1 atom stereocenters. The van der Waals surface area contributed by atoms with E-state index in [4.69, 9.17) is 9.47 Å². The van der Waals surface area contributed by atoms with Crippen LogP contribution in [0.25, 0.3) is 10.2 Å². The van der Waals surface area contributed by atoms with E-state index in [-0.39, 0.29) is 23.1 Å². The van der Waals surface area contributed by atoms with Crippen molar-refractivity contribution in [3.8, 4) is 5.75 Å². The van der Waals surface area contributed by atoms with Crippen LogP contribution in [0.5, 0.6) is 5.75 Å². The van der Waals surface area contributed by atoms with E-state index < -0.39 is 10.0 Å². The second-order valence-electron chi connectivity index (χ2n) is 7.79. The lowest BCUT2D eigenvalue weighted by atomic mass is 10.1. The zero-order valence-corrected chi connectivity index (χ0v) is 18.7. The highest BCUT2D eigenvalue weighted by Crippen LogP contribution is 2.34. The number of aromatic nitrogens is 2. The maximum Gasteiger partial charge on any atom is 0.262 e. The summed E-state index contributed by atoms with van der Waals surface area (Å²) in [5, 5.41) is 0.627. The molecule has 0 N–H and O–H groups in total. The maximum atomic E-state index is 13.1. The lowest BCUT2D eigenvalue weighted by Crippen LogP contribution is -2.35. The van der Waals surface area contributed by atoms with Gasteiger partial charge < -0.3 is 9.47 Å². The second-order valence-corrected chi connectivity index (χ2v) is 10.8. The van der Waals surface area contributed by atoms with E-state index in [1.165, 1.54) is 15.6 Å². The molecule has 1 saturated heterocycles. The minimum atomic E-state index is -3.64. The molecule has 0 bridgehead atoms. The van der Waals surface area contributed by atoms with Gasteiger partial charge in [0.15, 0.2) is 0 Å². The monoisotopic (exact) mass is 461 g/mol. The van der Waals surface area contributed by atoms with Crippen LogP contribution in [0, 0.1) is 0 Å². The van der Waals surface area contributed by atoms with Crippen molar-refractivity contribution in [1.29, 1.82) is 0 Å². The molecular formula is C21H23N3O5S2. The van der Waals surface area contributed by atoms with Gasteiger partial charge in [0.1, 0.15) is 10.6 Å². The predicted molar refractivity (Wildman–Crippen MR) is 117 cm³/mol. The van der Waals surface area contributed by atoms with E-state index in [9.17, 15) is 13.2 Å². The summed E-state index contributed by atoms with van der Waals surface area (Å²) >= 11 is 1.40. The van der Waals surface area contributed by atoms with Crippen molar-refractivity contribution in [2.45, 2.75) is 43.4 Å². The number of methoxy groups -OCH3 is 1. The molecule has 2 aromatic heterocycles. The zero-order valence-electron chi connectivity index (χ0n) is 17.1. The number of sulfonamides is 1. The van der Waals surface area contributed by atoms with Crippen molar-refractivity contribution >= 4 is 31.6 Å². The summed E-state index contributed by atoms with van der Waals surface area (Å²) in [7, 11) is -2.10. The minimum Gasteiger partial charge on any atom is -0.497 e. The topological polar surface area (TPSA) is 90.7 Å². The Balaban J connectivity index is 1.45. The molecule has 10 heteroatoms. The lowest BCUT2D eigenvalue weighted by molar-refractivity contribution is 0.0960. The van der Waals surface area contributed by atoms with Gasteiger partial charge >= 0.3 is 0 Å². The number of fused-ring (bicyclic) bond motifs is 3. The van der Waals surface area contributed by atoms with E-state index in [2.05, 4.69) is 4.98 Å². The van der Waals surface area contributed by atoms with E-state index in [0.29, 0.717) is 35.5 Å². The molecule has 1 unspecified atom stereocenters. The molecule has 2 aliphatic rings. The van der Waals surface area contributed by atoms with Crippen molar-refractivity contribution < 1.29 is 17.9 Å². The molecule has 164 valence electrons. The van der Waals surface area contributed by atoms with Crippen molar-refractivity contribution in [2.75, 3.05) is 20.3 Å². The Hall–Kier alpha value is -2.27. The van der Waals surface area contributed by atoms with Crippen LogP contribution in [0.3, 0.4) is 0 Å². The summed E-state index contributed by atoms with van der Waals surface area (Å²) in [5.41, 5.74) is 0.866. The molecule has 4 heterocycles. The van der Waals surface area contributed by atoms with E-state index in [1.807, 2.05) is 0 Å². The summed E-state index contributed by atoms with van der Waals surface area (Å²) in [6.45, 7) is 1.81. The number of thiophene rings is 1. The minimum absolute atomic E-state index is 0.0524. The van der Waals surface area contributed by atoms with Gasteiger partial charge in [0, 0.05) is 24.6 Å². The summed E-state index contributed by atoms with van der Waals surface area (Å²) in [6, 6.07) is 6.39. The van der Waals surface area contributed by atoms with Gasteiger partial charge in [0.2, 0.25) is 10.0 Å². The Morgan fingerprint density at radius 1 is 1.29 bits per heavy atom. The molecule has 5 rings (SSSR count). The zero-order chi connectivity index (χ0) is 21.6. The third kappa shape index (κ3) is 3.67. The summed E-state index contributed by atoms with van der Waals surface area (Å²) < 4.78 is 40.1. The number of hydrogen-bond donors (Lipinski definition) is 0. The van der Waals surface area contributed by atoms with Crippen LogP contribution in [0.1, 0.15) is 23.3 Å². The first-order valence-electron chi connectivity index (χ1n) is 10.2. The third-order valence-electron chi connectivity index (χ3n) is 5.91. The van der Waals surface area contributed by atoms with Crippen LogP contribution in [0.2, 0.25) is 0 Å². The molecule has 0 saturated carbocycles. The standard InChI is InChI=1S/C21H23N3O5S2/c1-28-14-4-6-16(7-5-14)31(26,27)24-9-8-17-18(12-24)30-20-19(17)21(25)23(13-22-20)11-15-3-2-10-29-15/h4-7,13,15H,2-3,8-12H2,1H3. The number of rotatable bonds is 5. The largest absolute Gasteiger partial charge is 0.497 e. The third-order valence-corrected chi connectivity index (χ3v) is 8.90. The second kappa shape index (κ2) is 8.01. The highest BCUT2D eigenvalue weighted by atomic mass is 32.2. The van der Waals surface area contributed by atoms with Crippen LogP contribution >= 0.6 is 11.3 Å². The van der Waals surface area contributed by atoms with E-state index in [0.717, 1.165) is 29.9 Å². The number of hydrogen-bond acceptors (Lipinski definition) is 7. The number of ether oxygens (including phenoxy) is 2. The highest BCUT2D eigenvalue weighted by molar-refractivity contribution is 7.89. The molecule has 3 aromatic rings. The summed E-state index contributed by atoms with van der Waals surface area (Å²) in [5.74, 6) is 0.606. The quantitative estimate of drug-likeness (QED) is 0.580. The van der Waals surface area contributed by atoms with Crippen molar-refractivity contribution in [2.24, 2.45) is 0 Å². The lowest BCUT2D eigenvalue weighted by Gasteiger charge is -2.26. The average Bonchev–Trinajstić information content (AvgIpc) is 3.43. The first-order chi connectivity index (χ1) is 15.0. The maximum absolute atomic E-state index is 13.1. The van der Waals surface area contributed by atoms with Gasteiger partial charge in [-0.15, -0.1) is 11.3 Å². The Labute approximate surface area is 184 Å². The van der Waals surface area contributed by atoms with Crippen molar-refractivity contribution in [3.05, 3.63) is 51.4 Å². The molecular weight excluding hydrogens is 438 g/mol. The van der Waals surface area contributed by atoms with Crippen molar-refractivity contribution in [1.82, 2.24) is 13.9 Å². The number of benzene rings is 1. The van der Waals surface area contributed by atoms with Gasteiger partial charge in [-0.1, -0.05) is 0 Å². The molecule has 8 nitrogen and oxygen atoms in total. The summed E-state index contributed by atoms with van der Waals surface area (Å²) in [4.78, 5) is 19.4. The van der Waals surface area contributed by atoms with E-state index in [1.54, 1.807) is 42.3 Å². The molecule has 0 spiro atoms. The molecule has 2 aliphatic heterocycles. The normalized spacial score (nSPS) is 19.6. The van der Waals surface area contributed by atoms with Crippen LogP contribution < -0.4 is 10.3 Å². The molecule has 1 fully saturated rings. The van der Waals surface area contributed by atoms with Crippen LogP contribution in [0.15, 0.2) is 40.3 Å². The fourth-order valence-corrected chi connectivity index (χ4v) is 6.92. The van der Waals surface area contributed by atoms with Crippen molar-refractivity contribution in [3.63, 3.8) is 0 Å². The van der Waals surface area contributed by atoms with E-state index >= 15 is 0 Å². The molecule has 1 aromatic carbocycles. The molecule has 31 heavy (non-hydrogen) atoms. The van der Waals surface area contributed by atoms with Gasteiger partial charge in [-0.25, -0.2) is 13.4 Å². The van der Waals surface area contributed by atoms with Crippen LogP contribution in [-0.4, -0.2) is 48.6 Å². The SMILES string of the molecule is COc1ccc(S(=O)(=O)N2CCc3c(sc4ncn(CC5CCCO5)c(=O)c34)C2)cc1. The smallest absolute Gasteiger partial charge is 0.262 e. The molecule has 0 radical (unpaired) electrons. The van der Waals surface area contributed by atoms with Crippen LogP contribution in [-0.2, 0) is 34.3 Å². The average molecular weight is 462 g/mol. The Morgan fingerprint density at radius 3 is 2.81 bits per heavy atom. The Kier molecular flexibility index (Phi) is 5.33. The van der Waals surface area contributed by atoms with Gasteiger partial charge in [0.05, 0.1) is 36.4 Å². The first-order valence-corrected chi connectivity index (χ1v) is 12.5. The molecule has 0 amide bonds. The number of nitrogens with zero attached hydrogens (tertiary/aromatic N) is 3. The highest BCUT2D eigenvalue weighted by Gasteiger charge is 2.31. The van der Waals surface area contributed by atoms with Crippen LogP contribution in [0.4, 0.5) is 0 Å². The Bertz CT molecular complexity index is 1270. The molecule has 0 aliphatic carbocycles. The predicted octanol–water partition coefficient (Wildman–Crippen LogP) is 2.39. The summed E-state index contributed by atoms with van der Waals surface area (Å²) in [6.07, 6.45) is 4.09. The first kappa shape index (κ1) is 20.6. The van der Waals surface area contributed by atoms with Gasteiger partial charge in [0.25, 0.3) is 5.56 Å². The van der Waals surface area contributed by atoms with Gasteiger partial charge in [-0.3, -0.25) is 9.36 Å². The fraction of sp³-hybridized carbons (Fsp3) is 0.429.